The lowest BCUT2D eigenvalue weighted by Crippen LogP contribution is -2.02. The van der Waals surface area contributed by atoms with Gasteiger partial charge >= 0.3 is 5.69 Å². The van der Waals surface area contributed by atoms with E-state index in [0.29, 0.717) is 5.69 Å². The molecule has 0 saturated carbocycles. The van der Waals surface area contributed by atoms with Gasteiger partial charge in [-0.15, -0.1) is 0 Å². The molecule has 6 nitrogen and oxygen atoms in total. The summed E-state index contributed by atoms with van der Waals surface area (Å²) >= 11 is 9.09. The molecular weight excluding hydrogens is 336 g/mol. The van der Waals surface area contributed by atoms with E-state index in [1.807, 2.05) is 19.1 Å². The Labute approximate surface area is 122 Å². The Morgan fingerprint density at radius 1 is 1.42 bits per heavy atom. The highest BCUT2D eigenvalue weighted by molar-refractivity contribution is 9.10. The summed E-state index contributed by atoms with van der Waals surface area (Å²) in [7, 11) is 0. The summed E-state index contributed by atoms with van der Waals surface area (Å²) in [6.45, 7) is 1.94. The number of nitro groups is 1. The van der Waals surface area contributed by atoms with Gasteiger partial charge < -0.3 is 5.32 Å². The van der Waals surface area contributed by atoms with Gasteiger partial charge in [-0.05, 0) is 40.5 Å². The van der Waals surface area contributed by atoms with Crippen molar-refractivity contribution in [1.29, 1.82) is 0 Å². The fraction of sp³-hybridized carbons (Fsp3) is 0.0909. The van der Waals surface area contributed by atoms with Gasteiger partial charge in [-0.25, -0.2) is 9.97 Å². The third-order valence-electron chi connectivity index (χ3n) is 2.34. The SMILES string of the molecule is Cc1ccc(Nc2ncnc(Cl)c2[N+](=O)[O-])c(Br)c1. The van der Waals surface area contributed by atoms with Crippen molar-refractivity contribution in [2.24, 2.45) is 0 Å². The molecule has 8 heteroatoms. The minimum atomic E-state index is -0.618. The number of halogens is 2. The second-order valence-electron chi connectivity index (χ2n) is 3.73. The van der Waals surface area contributed by atoms with Crippen molar-refractivity contribution < 1.29 is 4.92 Å². The fourth-order valence-corrected chi connectivity index (χ4v) is 2.25. The Morgan fingerprint density at radius 3 is 2.79 bits per heavy atom. The first-order valence-electron chi connectivity index (χ1n) is 5.17. The van der Waals surface area contributed by atoms with Crippen LogP contribution >= 0.6 is 27.5 Å². The summed E-state index contributed by atoms with van der Waals surface area (Å²) in [6.07, 6.45) is 1.17. The van der Waals surface area contributed by atoms with Crippen LogP contribution in [0.4, 0.5) is 17.2 Å². The molecule has 0 bridgehead atoms. The van der Waals surface area contributed by atoms with Crippen LogP contribution in [-0.2, 0) is 0 Å². The van der Waals surface area contributed by atoms with E-state index in [1.54, 1.807) is 6.07 Å². The molecule has 0 spiro atoms. The van der Waals surface area contributed by atoms with Gasteiger partial charge in [0.15, 0.2) is 0 Å². The van der Waals surface area contributed by atoms with Crippen molar-refractivity contribution in [3.8, 4) is 0 Å². The number of hydrogen-bond donors (Lipinski definition) is 1. The first kappa shape index (κ1) is 13.7. The minimum Gasteiger partial charge on any atom is -0.333 e. The molecule has 0 aliphatic rings. The first-order chi connectivity index (χ1) is 8.99. The topological polar surface area (TPSA) is 81.0 Å². The highest BCUT2D eigenvalue weighted by atomic mass is 79.9. The summed E-state index contributed by atoms with van der Waals surface area (Å²) in [6, 6.07) is 5.55. The van der Waals surface area contributed by atoms with Gasteiger partial charge in [0.1, 0.15) is 6.33 Å². The maximum atomic E-state index is 11.0. The third kappa shape index (κ3) is 2.99. The van der Waals surface area contributed by atoms with Crippen molar-refractivity contribution in [3.05, 3.63) is 49.8 Å². The Balaban J connectivity index is 2.44. The Bertz CT molecular complexity index is 651. The Hall–Kier alpha value is -1.73. The van der Waals surface area contributed by atoms with E-state index in [0.717, 1.165) is 10.0 Å². The van der Waals surface area contributed by atoms with Crippen molar-refractivity contribution in [2.45, 2.75) is 6.92 Å². The molecule has 19 heavy (non-hydrogen) atoms. The largest absolute Gasteiger partial charge is 0.348 e. The average Bonchev–Trinajstić information content (AvgIpc) is 2.32. The molecule has 0 fully saturated rings. The van der Waals surface area contributed by atoms with E-state index in [4.69, 9.17) is 11.6 Å². The molecule has 0 radical (unpaired) electrons. The molecule has 0 aliphatic carbocycles. The van der Waals surface area contributed by atoms with E-state index in [2.05, 4.69) is 31.2 Å². The highest BCUT2D eigenvalue weighted by Crippen LogP contribution is 2.33. The summed E-state index contributed by atoms with van der Waals surface area (Å²) in [5, 5.41) is 13.6. The molecule has 0 amide bonds. The van der Waals surface area contributed by atoms with Gasteiger partial charge in [-0.2, -0.15) is 0 Å². The molecule has 0 aliphatic heterocycles. The summed E-state index contributed by atoms with van der Waals surface area (Å²) < 4.78 is 0.775. The van der Waals surface area contributed by atoms with Crippen LogP contribution in [0.25, 0.3) is 0 Å². The summed E-state index contributed by atoms with van der Waals surface area (Å²) in [5.74, 6) is 0.0505. The number of hydrogen-bond acceptors (Lipinski definition) is 5. The van der Waals surface area contributed by atoms with Crippen molar-refractivity contribution in [3.63, 3.8) is 0 Å². The molecule has 98 valence electrons. The lowest BCUT2D eigenvalue weighted by atomic mass is 10.2. The first-order valence-corrected chi connectivity index (χ1v) is 6.34. The van der Waals surface area contributed by atoms with Gasteiger partial charge in [0.05, 0.1) is 10.6 Å². The van der Waals surface area contributed by atoms with Crippen LogP contribution in [0.5, 0.6) is 0 Å². The van der Waals surface area contributed by atoms with Crippen LogP contribution in [-0.4, -0.2) is 14.9 Å². The van der Waals surface area contributed by atoms with Crippen molar-refractivity contribution in [1.82, 2.24) is 9.97 Å². The predicted molar refractivity (Wildman–Crippen MR) is 75.9 cm³/mol. The van der Waals surface area contributed by atoms with Gasteiger partial charge in [0.2, 0.25) is 11.0 Å². The molecular formula is C11H8BrClN4O2. The van der Waals surface area contributed by atoms with Crippen LogP contribution in [0.15, 0.2) is 29.0 Å². The van der Waals surface area contributed by atoms with E-state index in [-0.39, 0.29) is 16.7 Å². The number of aryl methyl sites for hydroxylation is 1. The second kappa shape index (κ2) is 5.50. The van der Waals surface area contributed by atoms with Crippen LogP contribution in [0, 0.1) is 17.0 Å². The summed E-state index contributed by atoms with van der Waals surface area (Å²) in [5.41, 5.74) is 1.37. The van der Waals surface area contributed by atoms with Crippen LogP contribution in [0.2, 0.25) is 5.15 Å². The van der Waals surface area contributed by atoms with Gasteiger partial charge in [-0.1, -0.05) is 17.7 Å². The number of nitrogens with zero attached hydrogens (tertiary/aromatic N) is 3. The molecule has 1 aromatic heterocycles. The van der Waals surface area contributed by atoms with Crippen LogP contribution in [0.1, 0.15) is 5.56 Å². The van der Waals surface area contributed by atoms with E-state index in [9.17, 15) is 10.1 Å². The second-order valence-corrected chi connectivity index (χ2v) is 4.94. The average molecular weight is 344 g/mol. The zero-order valence-electron chi connectivity index (χ0n) is 9.72. The Kier molecular flexibility index (Phi) is 3.96. The fourth-order valence-electron chi connectivity index (χ4n) is 1.46. The highest BCUT2D eigenvalue weighted by Gasteiger charge is 2.22. The van der Waals surface area contributed by atoms with E-state index < -0.39 is 4.92 Å². The predicted octanol–water partition coefficient (Wildman–Crippen LogP) is 3.85. The molecule has 0 atom stereocenters. The number of nitrogens with one attached hydrogen (secondary N) is 1. The lowest BCUT2D eigenvalue weighted by Gasteiger charge is -2.08. The maximum absolute atomic E-state index is 11.0. The lowest BCUT2D eigenvalue weighted by molar-refractivity contribution is -0.384. The molecule has 1 heterocycles. The van der Waals surface area contributed by atoms with Gasteiger partial charge in [0, 0.05) is 4.47 Å². The standard InChI is InChI=1S/C11H8BrClN4O2/c1-6-2-3-8(7(12)4-6)16-11-9(17(18)19)10(13)14-5-15-11/h2-5H,1H3,(H,14,15,16). The molecule has 0 saturated heterocycles. The zero-order chi connectivity index (χ0) is 14.0. The normalized spacial score (nSPS) is 10.3. The molecule has 2 aromatic rings. The van der Waals surface area contributed by atoms with E-state index in [1.165, 1.54) is 6.33 Å². The molecule has 2 rings (SSSR count). The van der Waals surface area contributed by atoms with Gasteiger partial charge in [-0.3, -0.25) is 10.1 Å². The van der Waals surface area contributed by atoms with Gasteiger partial charge in [0.25, 0.3) is 0 Å². The zero-order valence-corrected chi connectivity index (χ0v) is 12.1. The number of anilines is 2. The quantitative estimate of drug-likeness (QED) is 0.520. The summed E-state index contributed by atoms with van der Waals surface area (Å²) in [4.78, 5) is 17.8. The maximum Gasteiger partial charge on any atom is 0.348 e. The molecule has 0 unspecified atom stereocenters. The number of aromatic nitrogens is 2. The van der Waals surface area contributed by atoms with Crippen LogP contribution in [0.3, 0.4) is 0 Å². The monoisotopic (exact) mass is 342 g/mol. The number of benzene rings is 1. The van der Waals surface area contributed by atoms with Crippen LogP contribution < -0.4 is 5.32 Å². The van der Waals surface area contributed by atoms with Crippen molar-refractivity contribution in [2.75, 3.05) is 5.32 Å². The minimum absolute atomic E-state index is 0.0505. The molecule has 1 N–H and O–H groups in total. The van der Waals surface area contributed by atoms with Crippen molar-refractivity contribution >= 4 is 44.7 Å². The third-order valence-corrected chi connectivity index (χ3v) is 3.27. The smallest absolute Gasteiger partial charge is 0.333 e. The number of rotatable bonds is 3. The Morgan fingerprint density at radius 2 is 2.16 bits per heavy atom. The van der Waals surface area contributed by atoms with E-state index >= 15 is 0 Å². The molecule has 1 aromatic carbocycles.